The lowest BCUT2D eigenvalue weighted by atomic mass is 10.1. The Bertz CT molecular complexity index is 640. The average Bonchev–Trinajstić information content (AvgIpc) is 2.49. The van der Waals surface area contributed by atoms with E-state index >= 15 is 0 Å². The van der Waals surface area contributed by atoms with Gasteiger partial charge in [-0.3, -0.25) is 14.8 Å². The third-order valence-corrected chi connectivity index (χ3v) is 2.30. The van der Waals surface area contributed by atoms with E-state index in [4.69, 9.17) is 5.73 Å². The maximum Gasteiger partial charge on any atom is 0.332 e. The third-order valence-electron chi connectivity index (χ3n) is 2.30. The van der Waals surface area contributed by atoms with E-state index in [0.29, 0.717) is 5.69 Å². The molecule has 2 amide bonds. The Morgan fingerprint density at radius 1 is 1.00 bits per heavy atom. The Labute approximate surface area is 114 Å². The lowest BCUT2D eigenvalue weighted by Crippen LogP contribution is -2.29. The molecule has 20 heavy (non-hydrogen) atoms. The van der Waals surface area contributed by atoms with E-state index in [1.54, 1.807) is 36.4 Å². The van der Waals surface area contributed by atoms with Gasteiger partial charge in [-0.15, -0.1) is 0 Å². The highest BCUT2D eigenvalue weighted by atomic mass is 16.2. The minimum Gasteiger partial charge on any atom is -0.350 e. The number of primary amides is 1. The summed E-state index contributed by atoms with van der Waals surface area (Å²) in [5.74, 6) is -0.460. The molecule has 0 bridgehead atoms. The van der Waals surface area contributed by atoms with Crippen molar-refractivity contribution in [2.24, 2.45) is 10.8 Å². The molecule has 0 atom stereocenters. The predicted molar refractivity (Wildman–Crippen MR) is 72.1 cm³/mol. The van der Waals surface area contributed by atoms with Gasteiger partial charge in [-0.1, -0.05) is 12.1 Å². The summed E-state index contributed by atoms with van der Waals surface area (Å²) < 4.78 is 0. The molecule has 3 N–H and O–H groups in total. The molecule has 0 fully saturated rings. The lowest BCUT2D eigenvalue weighted by molar-refractivity contribution is 0.106. The average molecular weight is 269 g/mol. The SMILES string of the molecule is NC(=O)N/N=C(\C(=O)c1ccccn1)c1ccccn1. The number of nitrogens with two attached hydrogens (primary N) is 1. The summed E-state index contributed by atoms with van der Waals surface area (Å²) in [7, 11) is 0. The second-order valence-corrected chi connectivity index (χ2v) is 3.70. The van der Waals surface area contributed by atoms with Gasteiger partial charge in [-0.05, 0) is 24.3 Å². The van der Waals surface area contributed by atoms with Gasteiger partial charge in [0.05, 0.1) is 5.69 Å². The van der Waals surface area contributed by atoms with Gasteiger partial charge in [0.2, 0.25) is 5.78 Å². The van der Waals surface area contributed by atoms with Crippen molar-refractivity contribution in [3.8, 4) is 0 Å². The fourth-order valence-electron chi connectivity index (χ4n) is 1.46. The number of urea groups is 1. The summed E-state index contributed by atoms with van der Waals surface area (Å²) >= 11 is 0. The van der Waals surface area contributed by atoms with Gasteiger partial charge < -0.3 is 5.73 Å². The molecule has 0 saturated heterocycles. The molecular formula is C13H11N5O2. The fraction of sp³-hybridized carbons (Fsp3) is 0. The van der Waals surface area contributed by atoms with E-state index in [1.807, 2.05) is 5.43 Å². The third kappa shape index (κ3) is 3.22. The van der Waals surface area contributed by atoms with Gasteiger partial charge in [0.15, 0.2) is 5.71 Å². The van der Waals surface area contributed by atoms with Crippen LogP contribution in [0.5, 0.6) is 0 Å². The zero-order valence-corrected chi connectivity index (χ0v) is 10.4. The van der Waals surface area contributed by atoms with Crippen LogP contribution in [0.2, 0.25) is 0 Å². The molecule has 2 aromatic rings. The summed E-state index contributed by atoms with van der Waals surface area (Å²) in [6.07, 6.45) is 3.01. The molecule has 0 aliphatic rings. The number of Topliss-reactive ketones (excluding diaryl/α,β-unsaturated/α-hetero) is 1. The van der Waals surface area contributed by atoms with E-state index in [2.05, 4.69) is 15.1 Å². The molecule has 7 nitrogen and oxygen atoms in total. The Kier molecular flexibility index (Phi) is 4.13. The Balaban J connectivity index is 2.40. The first-order valence-electron chi connectivity index (χ1n) is 5.69. The first kappa shape index (κ1) is 13.3. The van der Waals surface area contributed by atoms with Crippen LogP contribution in [0.3, 0.4) is 0 Å². The summed E-state index contributed by atoms with van der Waals surface area (Å²) in [4.78, 5) is 31.1. The maximum absolute atomic E-state index is 12.3. The van der Waals surface area contributed by atoms with Crippen LogP contribution < -0.4 is 11.2 Å². The normalized spacial score (nSPS) is 10.9. The molecule has 0 aliphatic heterocycles. The number of carbonyl (C=O) groups excluding carboxylic acids is 2. The molecule has 2 rings (SSSR count). The molecule has 0 saturated carbocycles. The number of hydrogen-bond donors (Lipinski definition) is 2. The number of nitrogens with one attached hydrogen (secondary N) is 1. The number of carbonyl (C=O) groups is 2. The second-order valence-electron chi connectivity index (χ2n) is 3.70. The van der Waals surface area contributed by atoms with Gasteiger partial charge in [-0.25, -0.2) is 10.2 Å². The first-order valence-corrected chi connectivity index (χ1v) is 5.69. The zero-order valence-electron chi connectivity index (χ0n) is 10.4. The second kappa shape index (κ2) is 6.19. The van der Waals surface area contributed by atoms with Crippen LogP contribution in [-0.4, -0.2) is 27.5 Å². The van der Waals surface area contributed by atoms with Crippen LogP contribution in [0.1, 0.15) is 16.2 Å². The molecule has 2 aromatic heterocycles. The molecule has 7 heteroatoms. The number of nitrogens with zero attached hydrogens (tertiary/aromatic N) is 3. The number of hydrogen-bond acceptors (Lipinski definition) is 5. The highest BCUT2D eigenvalue weighted by Gasteiger charge is 2.18. The van der Waals surface area contributed by atoms with Gasteiger partial charge in [-0.2, -0.15) is 5.10 Å². The quantitative estimate of drug-likeness (QED) is 0.484. The highest BCUT2D eigenvalue weighted by Crippen LogP contribution is 2.04. The molecule has 0 aliphatic carbocycles. The van der Waals surface area contributed by atoms with Crippen molar-refractivity contribution in [1.82, 2.24) is 15.4 Å². The van der Waals surface area contributed by atoms with Crippen LogP contribution in [0.4, 0.5) is 4.79 Å². The standard InChI is InChI=1S/C13H11N5O2/c14-13(20)18-17-11(9-5-1-3-7-15-9)12(19)10-6-2-4-8-16-10/h1-8H,(H3,14,18,20)/b17-11-. The van der Waals surface area contributed by atoms with E-state index < -0.39 is 11.8 Å². The Hall–Kier alpha value is -3.09. The lowest BCUT2D eigenvalue weighted by Gasteiger charge is -2.04. The predicted octanol–water partition coefficient (Wildman–Crippen LogP) is 0.732. The maximum atomic E-state index is 12.3. The number of hydrazone groups is 1. The highest BCUT2D eigenvalue weighted by molar-refractivity contribution is 6.50. The van der Waals surface area contributed by atoms with Gasteiger partial charge in [0, 0.05) is 12.4 Å². The van der Waals surface area contributed by atoms with E-state index in [-0.39, 0.29) is 11.4 Å². The zero-order chi connectivity index (χ0) is 14.4. The molecule has 0 spiro atoms. The Morgan fingerprint density at radius 2 is 1.60 bits per heavy atom. The molecule has 0 unspecified atom stereocenters. The van der Waals surface area contributed by atoms with Gasteiger partial charge >= 0.3 is 6.03 Å². The minimum absolute atomic E-state index is 0.0388. The number of aromatic nitrogens is 2. The van der Waals surface area contributed by atoms with Crippen molar-refractivity contribution in [3.63, 3.8) is 0 Å². The van der Waals surface area contributed by atoms with Crippen LogP contribution in [0, 0.1) is 0 Å². The van der Waals surface area contributed by atoms with Crippen LogP contribution in [-0.2, 0) is 0 Å². The molecule has 100 valence electrons. The molecule has 0 aromatic carbocycles. The van der Waals surface area contributed by atoms with Crippen molar-refractivity contribution in [2.45, 2.75) is 0 Å². The van der Waals surface area contributed by atoms with E-state index in [1.165, 1.54) is 12.4 Å². The first-order chi connectivity index (χ1) is 9.68. The number of ketones is 1. The minimum atomic E-state index is -0.868. The topological polar surface area (TPSA) is 110 Å². The molecule has 2 heterocycles. The molecular weight excluding hydrogens is 258 g/mol. The monoisotopic (exact) mass is 269 g/mol. The van der Waals surface area contributed by atoms with Crippen molar-refractivity contribution in [1.29, 1.82) is 0 Å². The van der Waals surface area contributed by atoms with Crippen LogP contribution in [0.15, 0.2) is 53.9 Å². The van der Waals surface area contributed by atoms with Crippen molar-refractivity contribution < 1.29 is 9.59 Å². The number of rotatable bonds is 4. The van der Waals surface area contributed by atoms with Crippen LogP contribution in [0.25, 0.3) is 0 Å². The number of amides is 2. The smallest absolute Gasteiger partial charge is 0.332 e. The van der Waals surface area contributed by atoms with Crippen molar-refractivity contribution in [3.05, 3.63) is 60.2 Å². The molecule has 0 radical (unpaired) electrons. The fourth-order valence-corrected chi connectivity index (χ4v) is 1.46. The Morgan fingerprint density at radius 3 is 2.10 bits per heavy atom. The summed E-state index contributed by atoms with van der Waals surface area (Å²) in [5, 5.41) is 3.71. The largest absolute Gasteiger partial charge is 0.350 e. The van der Waals surface area contributed by atoms with Crippen LogP contribution >= 0.6 is 0 Å². The summed E-state index contributed by atoms with van der Waals surface area (Å²) in [6.45, 7) is 0. The van der Waals surface area contributed by atoms with Crippen molar-refractivity contribution >= 4 is 17.5 Å². The number of pyridine rings is 2. The van der Waals surface area contributed by atoms with E-state index in [0.717, 1.165) is 0 Å². The summed E-state index contributed by atoms with van der Waals surface area (Å²) in [5.41, 5.74) is 7.46. The van der Waals surface area contributed by atoms with Gasteiger partial charge in [0.1, 0.15) is 5.69 Å². The van der Waals surface area contributed by atoms with Gasteiger partial charge in [0.25, 0.3) is 0 Å². The van der Waals surface area contributed by atoms with Crippen molar-refractivity contribution in [2.75, 3.05) is 0 Å². The summed E-state index contributed by atoms with van der Waals surface area (Å²) in [6, 6.07) is 9.05. The van der Waals surface area contributed by atoms with E-state index in [9.17, 15) is 9.59 Å².